The topological polar surface area (TPSA) is 70.6 Å². The third kappa shape index (κ3) is 4.82. The molecule has 1 saturated carbocycles. The highest BCUT2D eigenvalue weighted by Gasteiger charge is 2.33. The molecule has 1 aliphatic carbocycles. The Kier molecular flexibility index (Phi) is 5.88. The maximum atomic E-state index is 11.7. The van der Waals surface area contributed by atoms with Gasteiger partial charge >= 0.3 is 6.03 Å². The minimum Gasteiger partial charge on any atom is -0.389 e. The monoisotopic (exact) mass is 258 g/mol. The van der Waals surface area contributed by atoms with Gasteiger partial charge in [0.25, 0.3) is 0 Å². The number of carbonyl (C=O) groups is 1. The average molecular weight is 258 g/mol. The summed E-state index contributed by atoms with van der Waals surface area (Å²) in [5.74, 6) is 0. The van der Waals surface area contributed by atoms with Gasteiger partial charge in [0, 0.05) is 19.7 Å². The van der Waals surface area contributed by atoms with Gasteiger partial charge in [-0.3, -0.25) is 0 Å². The molecule has 2 unspecified atom stereocenters. The van der Waals surface area contributed by atoms with Crippen molar-refractivity contribution >= 4 is 6.03 Å². The number of hydrogen-bond acceptors (Lipinski definition) is 3. The van der Waals surface area contributed by atoms with Crippen molar-refractivity contribution in [2.75, 3.05) is 20.3 Å². The SMILES string of the molecule is COCC(O)CNC(=O)NC1CCCCC1(C)C. The molecular weight excluding hydrogens is 232 g/mol. The van der Waals surface area contributed by atoms with Crippen LogP contribution in [0.3, 0.4) is 0 Å². The van der Waals surface area contributed by atoms with Crippen LogP contribution in [0.2, 0.25) is 0 Å². The smallest absolute Gasteiger partial charge is 0.315 e. The van der Waals surface area contributed by atoms with E-state index in [1.165, 1.54) is 20.0 Å². The summed E-state index contributed by atoms with van der Waals surface area (Å²) in [6.45, 7) is 4.83. The second-order valence-electron chi connectivity index (χ2n) is 5.75. The molecule has 0 saturated heterocycles. The maximum absolute atomic E-state index is 11.7. The van der Waals surface area contributed by atoms with Gasteiger partial charge in [-0.1, -0.05) is 26.7 Å². The van der Waals surface area contributed by atoms with Gasteiger partial charge in [-0.15, -0.1) is 0 Å². The first-order valence-corrected chi connectivity index (χ1v) is 6.67. The van der Waals surface area contributed by atoms with Crippen LogP contribution in [0, 0.1) is 5.41 Å². The summed E-state index contributed by atoms with van der Waals surface area (Å²) in [7, 11) is 1.52. The van der Waals surface area contributed by atoms with E-state index in [4.69, 9.17) is 4.74 Å². The Morgan fingerprint density at radius 2 is 2.22 bits per heavy atom. The number of rotatable bonds is 5. The Morgan fingerprint density at radius 1 is 1.50 bits per heavy atom. The first-order chi connectivity index (χ1) is 8.45. The van der Waals surface area contributed by atoms with Crippen molar-refractivity contribution in [3.63, 3.8) is 0 Å². The molecule has 0 aromatic rings. The van der Waals surface area contributed by atoms with Crippen LogP contribution in [0.1, 0.15) is 39.5 Å². The predicted molar refractivity (Wildman–Crippen MR) is 70.5 cm³/mol. The number of amides is 2. The molecule has 0 spiro atoms. The Morgan fingerprint density at radius 3 is 2.83 bits per heavy atom. The van der Waals surface area contributed by atoms with E-state index in [-0.39, 0.29) is 30.6 Å². The molecule has 0 aromatic carbocycles. The molecule has 0 aliphatic heterocycles. The third-order valence-corrected chi connectivity index (χ3v) is 3.67. The molecule has 18 heavy (non-hydrogen) atoms. The van der Waals surface area contributed by atoms with Gasteiger partial charge in [0.05, 0.1) is 12.7 Å². The quantitative estimate of drug-likeness (QED) is 0.695. The molecule has 106 valence electrons. The molecule has 1 rings (SSSR count). The number of hydrogen-bond donors (Lipinski definition) is 3. The highest BCUT2D eigenvalue weighted by Crippen LogP contribution is 2.35. The number of urea groups is 1. The van der Waals surface area contributed by atoms with Crippen molar-refractivity contribution < 1.29 is 14.6 Å². The fourth-order valence-corrected chi connectivity index (χ4v) is 2.43. The van der Waals surface area contributed by atoms with Crippen LogP contribution in [0.25, 0.3) is 0 Å². The van der Waals surface area contributed by atoms with Crippen LogP contribution in [0.5, 0.6) is 0 Å². The molecule has 0 bridgehead atoms. The van der Waals surface area contributed by atoms with E-state index >= 15 is 0 Å². The highest BCUT2D eigenvalue weighted by molar-refractivity contribution is 5.74. The fourth-order valence-electron chi connectivity index (χ4n) is 2.43. The van der Waals surface area contributed by atoms with Gasteiger partial charge in [0.1, 0.15) is 0 Å². The van der Waals surface area contributed by atoms with Crippen LogP contribution in [-0.2, 0) is 4.74 Å². The lowest BCUT2D eigenvalue weighted by Crippen LogP contribution is -2.51. The molecule has 1 fully saturated rings. The number of ether oxygens (including phenoxy) is 1. The van der Waals surface area contributed by atoms with E-state index in [9.17, 15) is 9.90 Å². The van der Waals surface area contributed by atoms with Crippen LogP contribution in [0.15, 0.2) is 0 Å². The summed E-state index contributed by atoms with van der Waals surface area (Å²) in [5, 5.41) is 15.1. The zero-order chi connectivity index (χ0) is 13.6. The molecule has 5 heteroatoms. The van der Waals surface area contributed by atoms with Crippen LogP contribution in [0.4, 0.5) is 4.79 Å². The lowest BCUT2D eigenvalue weighted by molar-refractivity contribution is 0.0655. The predicted octanol–water partition coefficient (Wildman–Crippen LogP) is 1.26. The Balaban J connectivity index is 2.30. The molecule has 5 nitrogen and oxygen atoms in total. The van der Waals surface area contributed by atoms with Gasteiger partial charge in [-0.25, -0.2) is 4.79 Å². The van der Waals surface area contributed by atoms with Crippen molar-refractivity contribution in [2.24, 2.45) is 5.41 Å². The first kappa shape index (κ1) is 15.2. The number of aliphatic hydroxyl groups is 1. The lowest BCUT2D eigenvalue weighted by atomic mass is 9.73. The minimum atomic E-state index is -0.653. The van der Waals surface area contributed by atoms with Crippen LogP contribution in [-0.4, -0.2) is 43.5 Å². The summed E-state index contributed by atoms with van der Waals surface area (Å²) < 4.78 is 4.80. The Bertz CT molecular complexity index is 269. The van der Waals surface area contributed by atoms with Gasteiger partial charge < -0.3 is 20.5 Å². The van der Waals surface area contributed by atoms with E-state index in [1.807, 2.05) is 0 Å². The number of nitrogens with one attached hydrogen (secondary N) is 2. The van der Waals surface area contributed by atoms with E-state index < -0.39 is 6.10 Å². The fraction of sp³-hybridized carbons (Fsp3) is 0.923. The summed E-state index contributed by atoms with van der Waals surface area (Å²) >= 11 is 0. The summed E-state index contributed by atoms with van der Waals surface area (Å²) in [6, 6.07) is 0.0101. The Labute approximate surface area is 109 Å². The summed E-state index contributed by atoms with van der Waals surface area (Å²) in [5.41, 5.74) is 0.154. The second-order valence-corrected chi connectivity index (χ2v) is 5.75. The van der Waals surface area contributed by atoms with Gasteiger partial charge in [-0.05, 0) is 18.3 Å². The van der Waals surface area contributed by atoms with Crippen molar-refractivity contribution in [3.05, 3.63) is 0 Å². The second kappa shape index (κ2) is 6.95. The largest absolute Gasteiger partial charge is 0.389 e. The molecule has 0 radical (unpaired) electrons. The number of aliphatic hydroxyl groups excluding tert-OH is 1. The van der Waals surface area contributed by atoms with Crippen LogP contribution < -0.4 is 10.6 Å². The molecule has 2 amide bonds. The zero-order valence-electron chi connectivity index (χ0n) is 11.7. The highest BCUT2D eigenvalue weighted by atomic mass is 16.5. The molecule has 3 N–H and O–H groups in total. The summed E-state index contributed by atoms with van der Waals surface area (Å²) in [4.78, 5) is 11.7. The van der Waals surface area contributed by atoms with E-state index in [2.05, 4.69) is 24.5 Å². The van der Waals surface area contributed by atoms with Gasteiger partial charge in [-0.2, -0.15) is 0 Å². The number of methoxy groups -OCH3 is 1. The third-order valence-electron chi connectivity index (χ3n) is 3.67. The van der Waals surface area contributed by atoms with Gasteiger partial charge in [0.15, 0.2) is 0 Å². The van der Waals surface area contributed by atoms with Crippen molar-refractivity contribution in [3.8, 4) is 0 Å². The maximum Gasteiger partial charge on any atom is 0.315 e. The van der Waals surface area contributed by atoms with Crippen molar-refractivity contribution in [1.82, 2.24) is 10.6 Å². The minimum absolute atomic E-state index is 0.154. The van der Waals surface area contributed by atoms with E-state index in [0.717, 1.165) is 12.8 Å². The molecule has 0 heterocycles. The Hall–Kier alpha value is -0.810. The first-order valence-electron chi connectivity index (χ1n) is 6.67. The van der Waals surface area contributed by atoms with E-state index in [0.29, 0.717) is 0 Å². The molecule has 0 aromatic heterocycles. The molecular formula is C13H26N2O3. The van der Waals surface area contributed by atoms with Crippen molar-refractivity contribution in [1.29, 1.82) is 0 Å². The van der Waals surface area contributed by atoms with Crippen molar-refractivity contribution in [2.45, 2.75) is 51.7 Å². The number of carbonyl (C=O) groups excluding carboxylic acids is 1. The zero-order valence-corrected chi connectivity index (χ0v) is 11.7. The van der Waals surface area contributed by atoms with Crippen LogP contribution >= 0.6 is 0 Å². The van der Waals surface area contributed by atoms with Gasteiger partial charge in [0.2, 0.25) is 0 Å². The van der Waals surface area contributed by atoms with E-state index in [1.54, 1.807) is 0 Å². The standard InChI is InChI=1S/C13H26N2O3/c1-13(2)7-5-4-6-11(13)15-12(17)14-8-10(16)9-18-3/h10-11,16H,4-9H2,1-3H3,(H2,14,15,17). The normalized spacial score (nSPS) is 24.3. The average Bonchev–Trinajstić information content (AvgIpc) is 2.30. The lowest BCUT2D eigenvalue weighted by Gasteiger charge is -2.39. The molecule has 2 atom stereocenters. The molecule has 1 aliphatic rings. The summed E-state index contributed by atoms with van der Waals surface area (Å²) in [6.07, 6.45) is 3.92.